The van der Waals surface area contributed by atoms with E-state index in [1.165, 1.54) is 18.4 Å². The van der Waals surface area contributed by atoms with E-state index in [4.69, 9.17) is 0 Å². The molecule has 1 heterocycles. The molecule has 1 unspecified atom stereocenters. The zero-order valence-electron chi connectivity index (χ0n) is 15.3. The molecule has 1 aromatic carbocycles. The fraction of sp³-hybridized carbons (Fsp3) is 0.600. The quantitative estimate of drug-likeness (QED) is 0.914. The Morgan fingerprint density at radius 2 is 1.64 bits per heavy atom. The first-order valence-corrected chi connectivity index (χ1v) is 9.41. The summed E-state index contributed by atoms with van der Waals surface area (Å²) in [6, 6.07) is 7.88. The SMILES string of the molecule is CC(=O)N1CCN(C(C(=O)Nc2ccc(C)cc2)C2CCCC2)CC1. The van der Waals surface area contributed by atoms with Crippen molar-refractivity contribution in [2.75, 3.05) is 31.5 Å². The Hall–Kier alpha value is -1.88. The number of hydrogen-bond acceptors (Lipinski definition) is 3. The largest absolute Gasteiger partial charge is 0.340 e. The molecular weight excluding hydrogens is 314 g/mol. The van der Waals surface area contributed by atoms with Crippen LogP contribution in [0.3, 0.4) is 0 Å². The van der Waals surface area contributed by atoms with Gasteiger partial charge in [0.25, 0.3) is 0 Å². The van der Waals surface area contributed by atoms with Crippen molar-refractivity contribution in [3.63, 3.8) is 0 Å². The zero-order chi connectivity index (χ0) is 17.8. The highest BCUT2D eigenvalue weighted by Crippen LogP contribution is 2.31. The smallest absolute Gasteiger partial charge is 0.242 e. The predicted molar refractivity (Wildman–Crippen MR) is 99.4 cm³/mol. The van der Waals surface area contributed by atoms with Crippen molar-refractivity contribution in [3.05, 3.63) is 29.8 Å². The molecule has 0 aromatic heterocycles. The summed E-state index contributed by atoms with van der Waals surface area (Å²) in [5.41, 5.74) is 2.05. The third-order valence-electron chi connectivity index (χ3n) is 5.59. The molecule has 2 amide bonds. The normalized spacial score (nSPS) is 20.5. The third kappa shape index (κ3) is 4.40. The summed E-state index contributed by atoms with van der Waals surface area (Å²) in [6.45, 7) is 6.66. The Labute approximate surface area is 150 Å². The number of carbonyl (C=O) groups excluding carboxylic acids is 2. The lowest BCUT2D eigenvalue weighted by molar-refractivity contribution is -0.132. The third-order valence-corrected chi connectivity index (χ3v) is 5.59. The highest BCUT2D eigenvalue weighted by molar-refractivity contribution is 5.95. The highest BCUT2D eigenvalue weighted by atomic mass is 16.2. The molecule has 1 aromatic rings. The Kier molecular flexibility index (Phi) is 5.74. The van der Waals surface area contributed by atoms with Crippen LogP contribution < -0.4 is 5.32 Å². The number of rotatable bonds is 4. The lowest BCUT2D eigenvalue weighted by Gasteiger charge is -2.40. The topological polar surface area (TPSA) is 52.7 Å². The second-order valence-corrected chi connectivity index (χ2v) is 7.39. The molecule has 0 spiro atoms. The van der Waals surface area contributed by atoms with E-state index in [9.17, 15) is 9.59 Å². The van der Waals surface area contributed by atoms with E-state index >= 15 is 0 Å². The second kappa shape index (κ2) is 8.00. The van der Waals surface area contributed by atoms with E-state index in [0.717, 1.165) is 44.7 Å². The van der Waals surface area contributed by atoms with E-state index in [1.807, 2.05) is 36.1 Å². The summed E-state index contributed by atoms with van der Waals surface area (Å²) < 4.78 is 0. The Balaban J connectivity index is 1.70. The molecule has 1 aliphatic carbocycles. The van der Waals surface area contributed by atoms with Crippen molar-refractivity contribution < 1.29 is 9.59 Å². The molecule has 0 bridgehead atoms. The van der Waals surface area contributed by atoms with Crippen molar-refractivity contribution in [2.45, 2.75) is 45.6 Å². The lowest BCUT2D eigenvalue weighted by atomic mass is 9.95. The van der Waals surface area contributed by atoms with Gasteiger partial charge in [0.05, 0.1) is 6.04 Å². The molecule has 1 saturated heterocycles. The van der Waals surface area contributed by atoms with Gasteiger partial charge in [0.15, 0.2) is 0 Å². The Morgan fingerprint density at radius 3 is 2.20 bits per heavy atom. The molecule has 2 aliphatic rings. The summed E-state index contributed by atoms with van der Waals surface area (Å²) >= 11 is 0. The van der Waals surface area contributed by atoms with Gasteiger partial charge in [-0.3, -0.25) is 14.5 Å². The molecule has 1 atom stereocenters. The summed E-state index contributed by atoms with van der Waals surface area (Å²) in [4.78, 5) is 28.8. The Morgan fingerprint density at radius 1 is 1.04 bits per heavy atom. The molecule has 5 nitrogen and oxygen atoms in total. The zero-order valence-corrected chi connectivity index (χ0v) is 15.3. The van der Waals surface area contributed by atoms with Crippen LogP contribution in [0.15, 0.2) is 24.3 Å². The van der Waals surface area contributed by atoms with Crippen molar-refractivity contribution in [1.82, 2.24) is 9.80 Å². The van der Waals surface area contributed by atoms with Gasteiger partial charge in [-0.25, -0.2) is 0 Å². The summed E-state index contributed by atoms with van der Waals surface area (Å²) in [5.74, 6) is 0.655. The van der Waals surface area contributed by atoms with E-state index in [2.05, 4.69) is 10.2 Å². The monoisotopic (exact) mass is 343 g/mol. The van der Waals surface area contributed by atoms with Gasteiger partial charge in [-0.15, -0.1) is 0 Å². The van der Waals surface area contributed by atoms with Gasteiger partial charge in [-0.2, -0.15) is 0 Å². The molecule has 2 fully saturated rings. The summed E-state index contributed by atoms with van der Waals surface area (Å²) in [6.07, 6.45) is 4.68. The number of benzene rings is 1. The van der Waals surface area contributed by atoms with Crippen molar-refractivity contribution in [3.8, 4) is 0 Å². The maximum absolute atomic E-state index is 13.1. The minimum absolute atomic E-state index is 0.0853. The summed E-state index contributed by atoms with van der Waals surface area (Å²) in [5, 5.41) is 3.12. The van der Waals surface area contributed by atoms with Gasteiger partial charge < -0.3 is 10.2 Å². The number of anilines is 1. The van der Waals surface area contributed by atoms with E-state index in [1.54, 1.807) is 6.92 Å². The number of carbonyl (C=O) groups is 2. The number of hydrogen-bond donors (Lipinski definition) is 1. The van der Waals surface area contributed by atoms with Crippen LogP contribution >= 0.6 is 0 Å². The Bertz CT molecular complexity index is 600. The first-order valence-electron chi connectivity index (χ1n) is 9.41. The van der Waals surface area contributed by atoms with Crippen molar-refractivity contribution >= 4 is 17.5 Å². The molecule has 1 N–H and O–H groups in total. The van der Waals surface area contributed by atoms with Crippen LogP contribution in [-0.2, 0) is 9.59 Å². The first kappa shape index (κ1) is 17.9. The van der Waals surface area contributed by atoms with Crippen LogP contribution in [0.5, 0.6) is 0 Å². The number of aryl methyl sites for hydroxylation is 1. The highest BCUT2D eigenvalue weighted by Gasteiger charge is 2.37. The molecule has 5 heteroatoms. The van der Waals surface area contributed by atoms with Crippen LogP contribution in [0.1, 0.15) is 38.2 Å². The average molecular weight is 343 g/mol. The summed E-state index contributed by atoms with van der Waals surface area (Å²) in [7, 11) is 0. The van der Waals surface area contributed by atoms with E-state index in [-0.39, 0.29) is 17.9 Å². The minimum atomic E-state index is -0.0853. The van der Waals surface area contributed by atoms with Gasteiger partial charge >= 0.3 is 0 Å². The van der Waals surface area contributed by atoms with Gasteiger partial charge in [-0.1, -0.05) is 30.5 Å². The second-order valence-electron chi connectivity index (χ2n) is 7.39. The standard InChI is InChI=1S/C20H29N3O2/c1-15-7-9-18(10-8-15)21-20(25)19(17-5-3-4-6-17)23-13-11-22(12-14-23)16(2)24/h7-10,17,19H,3-6,11-14H2,1-2H3,(H,21,25). The molecule has 3 rings (SSSR count). The molecule has 1 saturated carbocycles. The number of nitrogens with zero attached hydrogens (tertiary/aromatic N) is 2. The maximum atomic E-state index is 13.1. The van der Waals surface area contributed by atoms with Gasteiger partial charge in [0.1, 0.15) is 0 Å². The fourth-order valence-electron chi connectivity index (χ4n) is 4.12. The van der Waals surface area contributed by atoms with E-state index < -0.39 is 0 Å². The van der Waals surface area contributed by atoms with Crippen molar-refractivity contribution in [2.24, 2.45) is 5.92 Å². The minimum Gasteiger partial charge on any atom is -0.340 e. The van der Waals surface area contributed by atoms with Gasteiger partial charge in [-0.05, 0) is 37.8 Å². The molecular formula is C20H29N3O2. The number of amides is 2. The lowest BCUT2D eigenvalue weighted by Crippen LogP contribution is -2.56. The maximum Gasteiger partial charge on any atom is 0.242 e. The van der Waals surface area contributed by atoms with Crippen LogP contribution in [0.25, 0.3) is 0 Å². The fourth-order valence-corrected chi connectivity index (χ4v) is 4.12. The number of nitrogens with one attached hydrogen (secondary N) is 1. The van der Waals surface area contributed by atoms with Crippen LogP contribution in [-0.4, -0.2) is 53.8 Å². The van der Waals surface area contributed by atoms with E-state index in [0.29, 0.717) is 5.92 Å². The average Bonchev–Trinajstić information content (AvgIpc) is 3.12. The van der Waals surface area contributed by atoms with Crippen LogP contribution in [0, 0.1) is 12.8 Å². The van der Waals surface area contributed by atoms with Gasteiger partial charge in [0.2, 0.25) is 11.8 Å². The number of piperazine rings is 1. The molecule has 1 aliphatic heterocycles. The molecule has 136 valence electrons. The van der Waals surface area contributed by atoms with Crippen LogP contribution in [0.2, 0.25) is 0 Å². The predicted octanol–water partition coefficient (Wildman–Crippen LogP) is 2.66. The van der Waals surface area contributed by atoms with Crippen molar-refractivity contribution in [1.29, 1.82) is 0 Å². The molecule has 25 heavy (non-hydrogen) atoms. The van der Waals surface area contributed by atoms with Crippen LogP contribution in [0.4, 0.5) is 5.69 Å². The first-order chi connectivity index (χ1) is 12.0. The van der Waals surface area contributed by atoms with Gasteiger partial charge in [0, 0.05) is 38.8 Å². The molecule has 0 radical (unpaired) electrons.